The number of aromatic nitrogens is 2. The summed E-state index contributed by atoms with van der Waals surface area (Å²) in [5.74, 6) is -0.761. The predicted octanol–water partition coefficient (Wildman–Crippen LogP) is 2.61. The summed E-state index contributed by atoms with van der Waals surface area (Å²) in [7, 11) is 0. The van der Waals surface area contributed by atoms with Crippen LogP contribution in [0.25, 0.3) is 0 Å². The Morgan fingerprint density at radius 1 is 1.42 bits per heavy atom. The van der Waals surface area contributed by atoms with E-state index >= 15 is 0 Å². The van der Waals surface area contributed by atoms with Gasteiger partial charge >= 0.3 is 5.97 Å². The Balaban J connectivity index is 1.76. The zero-order valence-corrected chi connectivity index (χ0v) is 15.4. The van der Waals surface area contributed by atoms with E-state index in [1.54, 1.807) is 40.8 Å². The molecule has 2 aromatic rings. The molecule has 2 heterocycles. The van der Waals surface area contributed by atoms with E-state index in [1.165, 1.54) is 0 Å². The van der Waals surface area contributed by atoms with Crippen LogP contribution < -0.4 is 4.74 Å². The third-order valence-electron chi connectivity index (χ3n) is 4.40. The van der Waals surface area contributed by atoms with Crippen molar-refractivity contribution in [3.8, 4) is 5.75 Å². The molecule has 0 aliphatic carbocycles. The van der Waals surface area contributed by atoms with Crippen molar-refractivity contribution in [1.82, 2.24) is 14.7 Å². The molecule has 0 radical (unpaired) electrons. The summed E-state index contributed by atoms with van der Waals surface area (Å²) in [4.78, 5) is 25.8. The molecule has 1 aliphatic rings. The number of rotatable bonds is 5. The molecule has 138 valence electrons. The van der Waals surface area contributed by atoms with Gasteiger partial charge < -0.3 is 14.7 Å². The molecule has 26 heavy (non-hydrogen) atoms. The van der Waals surface area contributed by atoms with Gasteiger partial charge in [-0.25, -0.2) is 4.79 Å². The van der Waals surface area contributed by atoms with E-state index in [0.29, 0.717) is 35.8 Å². The molecule has 1 atom stereocenters. The molecule has 1 aliphatic heterocycles. The number of carboxylic acid groups (broad SMARTS) is 1. The molecule has 1 N–H and O–H groups in total. The first kappa shape index (κ1) is 18.3. The maximum absolute atomic E-state index is 12.7. The minimum Gasteiger partial charge on any atom is -0.481 e. The predicted molar refractivity (Wildman–Crippen MR) is 95.5 cm³/mol. The van der Waals surface area contributed by atoms with Gasteiger partial charge in [0.2, 0.25) is 0 Å². The first-order chi connectivity index (χ1) is 12.4. The number of nitrogens with zero attached hydrogens (tertiary/aromatic N) is 3. The third kappa shape index (κ3) is 3.53. The van der Waals surface area contributed by atoms with E-state index in [0.717, 1.165) is 5.69 Å². The number of benzene rings is 1. The zero-order valence-electron chi connectivity index (χ0n) is 14.6. The van der Waals surface area contributed by atoms with Crippen molar-refractivity contribution in [2.45, 2.75) is 39.5 Å². The van der Waals surface area contributed by atoms with Crippen molar-refractivity contribution in [1.29, 1.82) is 0 Å². The van der Waals surface area contributed by atoms with Crippen LogP contribution in [0.15, 0.2) is 24.3 Å². The third-order valence-corrected chi connectivity index (χ3v) is 4.64. The molecule has 1 amide bonds. The van der Waals surface area contributed by atoms with Crippen LogP contribution in [0, 0.1) is 0 Å². The van der Waals surface area contributed by atoms with E-state index in [9.17, 15) is 14.7 Å². The fourth-order valence-electron chi connectivity index (χ4n) is 3.16. The SMILES string of the molecule is CCn1nc(C(=O)O)c2c1CCN(C(=O)C(C)Oc1cccc(Cl)c1)C2. The van der Waals surface area contributed by atoms with Crippen LogP contribution in [0.1, 0.15) is 35.6 Å². The highest BCUT2D eigenvalue weighted by molar-refractivity contribution is 6.30. The fraction of sp³-hybridized carbons (Fsp3) is 0.389. The molecule has 1 aromatic carbocycles. The van der Waals surface area contributed by atoms with Crippen LogP contribution in [-0.2, 0) is 24.3 Å². The van der Waals surface area contributed by atoms with Crippen molar-refractivity contribution < 1.29 is 19.4 Å². The van der Waals surface area contributed by atoms with Crippen molar-refractivity contribution >= 4 is 23.5 Å². The van der Waals surface area contributed by atoms with E-state index in [4.69, 9.17) is 16.3 Å². The molecule has 0 saturated heterocycles. The number of fused-ring (bicyclic) bond motifs is 1. The number of halogens is 1. The van der Waals surface area contributed by atoms with Gasteiger partial charge in [-0.3, -0.25) is 9.48 Å². The molecule has 0 spiro atoms. The van der Waals surface area contributed by atoms with E-state index in [2.05, 4.69) is 5.10 Å². The molecule has 8 heteroatoms. The normalized spacial score (nSPS) is 14.7. The average Bonchev–Trinajstić information content (AvgIpc) is 2.99. The number of aryl methyl sites for hydroxylation is 1. The quantitative estimate of drug-likeness (QED) is 0.865. The molecule has 3 rings (SSSR count). The number of hydrogen-bond donors (Lipinski definition) is 1. The van der Waals surface area contributed by atoms with Gasteiger partial charge in [-0.05, 0) is 32.0 Å². The minimum atomic E-state index is -1.08. The number of amides is 1. The molecule has 1 aromatic heterocycles. The van der Waals surface area contributed by atoms with Crippen molar-refractivity contribution in [3.63, 3.8) is 0 Å². The lowest BCUT2D eigenvalue weighted by molar-refractivity contribution is -0.138. The molecule has 0 saturated carbocycles. The topological polar surface area (TPSA) is 84.7 Å². The summed E-state index contributed by atoms with van der Waals surface area (Å²) in [6.07, 6.45) is -0.136. The highest BCUT2D eigenvalue weighted by Gasteiger charge is 2.31. The number of aromatic carboxylic acids is 1. The second-order valence-corrected chi connectivity index (χ2v) is 6.56. The van der Waals surface area contributed by atoms with Gasteiger partial charge in [-0.1, -0.05) is 17.7 Å². The summed E-state index contributed by atoms with van der Waals surface area (Å²) < 4.78 is 7.39. The summed E-state index contributed by atoms with van der Waals surface area (Å²) in [6.45, 7) is 4.90. The van der Waals surface area contributed by atoms with E-state index < -0.39 is 12.1 Å². The van der Waals surface area contributed by atoms with Gasteiger partial charge in [0.15, 0.2) is 11.8 Å². The second-order valence-electron chi connectivity index (χ2n) is 6.12. The number of hydrogen-bond acceptors (Lipinski definition) is 4. The summed E-state index contributed by atoms with van der Waals surface area (Å²) in [6, 6.07) is 6.86. The van der Waals surface area contributed by atoms with Crippen LogP contribution in [-0.4, -0.2) is 44.3 Å². The van der Waals surface area contributed by atoms with Crippen LogP contribution >= 0.6 is 11.6 Å². The van der Waals surface area contributed by atoms with Gasteiger partial charge in [0.05, 0.1) is 6.54 Å². The lowest BCUT2D eigenvalue weighted by atomic mass is 10.0. The van der Waals surface area contributed by atoms with Gasteiger partial charge in [0.25, 0.3) is 5.91 Å². The molecular weight excluding hydrogens is 358 g/mol. The lowest BCUT2D eigenvalue weighted by Gasteiger charge is -2.30. The first-order valence-electron chi connectivity index (χ1n) is 8.43. The Morgan fingerprint density at radius 3 is 2.85 bits per heavy atom. The fourth-order valence-corrected chi connectivity index (χ4v) is 3.34. The summed E-state index contributed by atoms with van der Waals surface area (Å²) in [5, 5.41) is 14.1. The number of carbonyl (C=O) groups excluding carboxylic acids is 1. The van der Waals surface area contributed by atoms with Crippen molar-refractivity contribution in [2.75, 3.05) is 6.54 Å². The van der Waals surface area contributed by atoms with Crippen molar-refractivity contribution in [3.05, 3.63) is 46.2 Å². The maximum atomic E-state index is 12.7. The monoisotopic (exact) mass is 377 g/mol. The molecule has 7 nitrogen and oxygen atoms in total. The van der Waals surface area contributed by atoms with E-state index in [-0.39, 0.29) is 18.1 Å². The summed E-state index contributed by atoms with van der Waals surface area (Å²) in [5.41, 5.74) is 1.51. The Labute approximate surface area is 156 Å². The molecule has 0 bridgehead atoms. The van der Waals surface area contributed by atoms with E-state index in [1.807, 2.05) is 6.92 Å². The largest absolute Gasteiger partial charge is 0.481 e. The molecule has 0 fully saturated rings. The Hall–Kier alpha value is -2.54. The summed E-state index contributed by atoms with van der Waals surface area (Å²) >= 11 is 5.94. The molecular formula is C18H20ClN3O4. The average molecular weight is 378 g/mol. The Bertz CT molecular complexity index is 849. The molecule has 1 unspecified atom stereocenters. The standard InChI is InChI=1S/C18H20ClN3O4/c1-3-22-15-7-8-21(10-14(15)16(20-22)18(24)25)17(23)11(2)26-13-6-4-5-12(19)9-13/h4-6,9,11H,3,7-8,10H2,1-2H3,(H,24,25). The van der Waals surface area contributed by atoms with Gasteiger partial charge in [0.1, 0.15) is 5.75 Å². The van der Waals surface area contributed by atoms with Crippen LogP contribution in [0.3, 0.4) is 0 Å². The zero-order chi connectivity index (χ0) is 18.8. The Morgan fingerprint density at radius 2 is 2.19 bits per heavy atom. The smallest absolute Gasteiger partial charge is 0.356 e. The van der Waals surface area contributed by atoms with Crippen LogP contribution in [0.4, 0.5) is 0 Å². The second kappa shape index (κ2) is 7.37. The lowest BCUT2D eigenvalue weighted by Crippen LogP contribution is -2.43. The number of ether oxygens (including phenoxy) is 1. The highest BCUT2D eigenvalue weighted by atomic mass is 35.5. The maximum Gasteiger partial charge on any atom is 0.356 e. The first-order valence-corrected chi connectivity index (χ1v) is 8.81. The number of carboxylic acids is 1. The van der Waals surface area contributed by atoms with Crippen LogP contribution in [0.2, 0.25) is 5.02 Å². The van der Waals surface area contributed by atoms with Gasteiger partial charge in [-0.2, -0.15) is 5.10 Å². The van der Waals surface area contributed by atoms with Gasteiger partial charge in [0, 0.05) is 35.8 Å². The Kier molecular flexibility index (Phi) is 5.18. The van der Waals surface area contributed by atoms with Crippen LogP contribution in [0.5, 0.6) is 5.75 Å². The minimum absolute atomic E-state index is 0.0164. The highest BCUT2D eigenvalue weighted by Crippen LogP contribution is 2.24. The number of carbonyl (C=O) groups is 2. The van der Waals surface area contributed by atoms with Crippen molar-refractivity contribution in [2.24, 2.45) is 0 Å². The van der Waals surface area contributed by atoms with Gasteiger partial charge in [-0.15, -0.1) is 0 Å².